The molecular weight excluding hydrogens is 279 g/mol. The third-order valence-corrected chi connectivity index (χ3v) is 3.98. The molecule has 1 aliphatic rings. The predicted molar refractivity (Wildman–Crippen MR) is 84.0 cm³/mol. The summed E-state index contributed by atoms with van der Waals surface area (Å²) < 4.78 is 13.2. The Hall–Kier alpha value is -2.20. The summed E-state index contributed by atoms with van der Waals surface area (Å²) in [5.74, 6) is -0.110. The van der Waals surface area contributed by atoms with Crippen molar-refractivity contribution in [1.29, 1.82) is 0 Å². The molecule has 0 atom stereocenters. The van der Waals surface area contributed by atoms with E-state index in [0.29, 0.717) is 13.1 Å². The summed E-state index contributed by atoms with van der Waals surface area (Å²) in [6, 6.07) is 16.1. The van der Waals surface area contributed by atoms with Crippen molar-refractivity contribution in [3.05, 3.63) is 71.5 Å². The highest BCUT2D eigenvalue weighted by atomic mass is 19.1. The molecule has 114 valence electrons. The van der Waals surface area contributed by atoms with E-state index in [-0.39, 0.29) is 11.7 Å². The van der Waals surface area contributed by atoms with Gasteiger partial charge in [-0.25, -0.2) is 4.39 Å². The van der Waals surface area contributed by atoms with Crippen LogP contribution < -0.4 is 0 Å². The number of hydrogen-bond acceptors (Lipinski definition) is 2. The zero-order valence-corrected chi connectivity index (χ0v) is 12.4. The molecule has 1 fully saturated rings. The molecule has 0 unspecified atom stereocenters. The first-order valence-corrected chi connectivity index (χ1v) is 7.53. The van der Waals surface area contributed by atoms with E-state index in [0.717, 1.165) is 30.8 Å². The van der Waals surface area contributed by atoms with E-state index in [1.54, 1.807) is 12.1 Å². The lowest BCUT2D eigenvalue weighted by atomic mass is 10.1. The summed E-state index contributed by atoms with van der Waals surface area (Å²) in [7, 11) is 0. The lowest BCUT2D eigenvalue weighted by Gasteiger charge is -2.34. The average Bonchev–Trinajstić information content (AvgIpc) is 2.56. The number of amides is 1. The Morgan fingerprint density at radius 1 is 0.955 bits per heavy atom. The van der Waals surface area contributed by atoms with E-state index < -0.39 is 0 Å². The van der Waals surface area contributed by atoms with Crippen LogP contribution in [0, 0.1) is 5.82 Å². The summed E-state index contributed by atoms with van der Waals surface area (Å²) in [6.45, 7) is 3.78. The highest BCUT2D eigenvalue weighted by Gasteiger charge is 2.21. The molecule has 0 spiro atoms. The van der Waals surface area contributed by atoms with Crippen molar-refractivity contribution in [2.75, 3.05) is 26.2 Å². The second-order valence-corrected chi connectivity index (χ2v) is 5.56. The lowest BCUT2D eigenvalue weighted by molar-refractivity contribution is 0.0628. The number of nitrogens with zero attached hydrogens (tertiary/aromatic N) is 2. The van der Waals surface area contributed by atoms with Crippen LogP contribution in [0.1, 0.15) is 15.9 Å². The van der Waals surface area contributed by atoms with Gasteiger partial charge in [-0.1, -0.05) is 30.3 Å². The molecule has 2 aromatic rings. The first-order valence-electron chi connectivity index (χ1n) is 7.53. The Morgan fingerprint density at radius 3 is 2.36 bits per heavy atom. The summed E-state index contributed by atoms with van der Waals surface area (Å²) in [4.78, 5) is 16.5. The van der Waals surface area contributed by atoms with Crippen molar-refractivity contribution in [1.82, 2.24) is 9.80 Å². The average molecular weight is 298 g/mol. The van der Waals surface area contributed by atoms with Crippen LogP contribution in [0.2, 0.25) is 0 Å². The minimum atomic E-state index is -0.199. The van der Waals surface area contributed by atoms with Crippen molar-refractivity contribution in [3.8, 4) is 0 Å². The van der Waals surface area contributed by atoms with E-state index >= 15 is 0 Å². The largest absolute Gasteiger partial charge is 0.336 e. The SMILES string of the molecule is O=C(c1ccccc1)N1CCN(Cc2cccc(F)c2)CC1. The van der Waals surface area contributed by atoms with Gasteiger partial charge in [-0.05, 0) is 29.8 Å². The van der Waals surface area contributed by atoms with Crippen LogP contribution in [0.5, 0.6) is 0 Å². The molecule has 1 heterocycles. The Balaban J connectivity index is 1.55. The number of carbonyl (C=O) groups is 1. The zero-order valence-electron chi connectivity index (χ0n) is 12.4. The van der Waals surface area contributed by atoms with Crippen LogP contribution in [0.4, 0.5) is 4.39 Å². The smallest absolute Gasteiger partial charge is 0.253 e. The molecule has 1 amide bonds. The van der Waals surface area contributed by atoms with E-state index in [2.05, 4.69) is 4.90 Å². The molecule has 0 aliphatic carbocycles. The highest BCUT2D eigenvalue weighted by Crippen LogP contribution is 2.12. The second kappa shape index (κ2) is 6.71. The van der Waals surface area contributed by atoms with Gasteiger partial charge >= 0.3 is 0 Å². The standard InChI is InChI=1S/C18H19FN2O/c19-17-8-4-5-15(13-17)14-20-9-11-21(12-10-20)18(22)16-6-2-1-3-7-16/h1-8,13H,9-12,14H2. The number of benzene rings is 2. The van der Waals surface area contributed by atoms with E-state index in [9.17, 15) is 9.18 Å². The van der Waals surface area contributed by atoms with Gasteiger partial charge in [0.15, 0.2) is 0 Å². The predicted octanol–water partition coefficient (Wildman–Crippen LogP) is 2.78. The quantitative estimate of drug-likeness (QED) is 0.870. The van der Waals surface area contributed by atoms with Crippen LogP contribution >= 0.6 is 0 Å². The Kier molecular flexibility index (Phi) is 4.49. The van der Waals surface area contributed by atoms with Gasteiger partial charge in [0.1, 0.15) is 5.82 Å². The van der Waals surface area contributed by atoms with Crippen LogP contribution in [-0.4, -0.2) is 41.9 Å². The number of carbonyl (C=O) groups excluding carboxylic acids is 1. The number of piperazine rings is 1. The van der Waals surface area contributed by atoms with Gasteiger partial charge in [0.2, 0.25) is 0 Å². The molecular formula is C18H19FN2O. The molecule has 3 nitrogen and oxygen atoms in total. The van der Waals surface area contributed by atoms with Gasteiger partial charge in [-0.3, -0.25) is 9.69 Å². The van der Waals surface area contributed by atoms with Gasteiger partial charge in [-0.2, -0.15) is 0 Å². The van der Waals surface area contributed by atoms with E-state index in [1.165, 1.54) is 6.07 Å². The van der Waals surface area contributed by atoms with Crippen LogP contribution in [0.3, 0.4) is 0 Å². The van der Waals surface area contributed by atoms with E-state index in [4.69, 9.17) is 0 Å². The molecule has 0 saturated carbocycles. The molecule has 0 radical (unpaired) electrons. The number of halogens is 1. The van der Waals surface area contributed by atoms with Gasteiger partial charge in [-0.15, -0.1) is 0 Å². The second-order valence-electron chi connectivity index (χ2n) is 5.56. The van der Waals surface area contributed by atoms with Gasteiger partial charge in [0, 0.05) is 38.3 Å². The third kappa shape index (κ3) is 3.52. The fourth-order valence-electron chi connectivity index (χ4n) is 2.77. The van der Waals surface area contributed by atoms with Gasteiger partial charge < -0.3 is 4.90 Å². The summed E-state index contributed by atoms with van der Waals surface area (Å²) in [5, 5.41) is 0. The third-order valence-electron chi connectivity index (χ3n) is 3.98. The lowest BCUT2D eigenvalue weighted by Crippen LogP contribution is -2.48. The van der Waals surface area contributed by atoms with Gasteiger partial charge in [0.05, 0.1) is 0 Å². The van der Waals surface area contributed by atoms with Crippen molar-refractivity contribution in [3.63, 3.8) is 0 Å². The Labute approximate surface area is 130 Å². The minimum absolute atomic E-state index is 0.0889. The number of hydrogen-bond donors (Lipinski definition) is 0. The molecule has 2 aromatic carbocycles. The normalized spacial score (nSPS) is 15.8. The summed E-state index contributed by atoms with van der Waals surface area (Å²) >= 11 is 0. The summed E-state index contributed by atoms with van der Waals surface area (Å²) in [5.41, 5.74) is 1.71. The first-order chi connectivity index (χ1) is 10.7. The van der Waals surface area contributed by atoms with Crippen LogP contribution in [-0.2, 0) is 6.54 Å². The highest BCUT2D eigenvalue weighted by molar-refractivity contribution is 5.94. The molecule has 0 aromatic heterocycles. The van der Waals surface area contributed by atoms with Crippen LogP contribution in [0.15, 0.2) is 54.6 Å². The monoisotopic (exact) mass is 298 g/mol. The maximum absolute atomic E-state index is 13.2. The van der Waals surface area contributed by atoms with Crippen molar-refractivity contribution >= 4 is 5.91 Å². The van der Waals surface area contributed by atoms with Gasteiger partial charge in [0.25, 0.3) is 5.91 Å². The molecule has 4 heteroatoms. The van der Waals surface area contributed by atoms with E-state index in [1.807, 2.05) is 41.3 Å². The minimum Gasteiger partial charge on any atom is -0.336 e. The maximum atomic E-state index is 13.2. The topological polar surface area (TPSA) is 23.6 Å². The van der Waals surface area contributed by atoms with Crippen molar-refractivity contribution in [2.45, 2.75) is 6.54 Å². The first kappa shape index (κ1) is 14.7. The molecule has 0 N–H and O–H groups in total. The fraction of sp³-hybridized carbons (Fsp3) is 0.278. The summed E-state index contributed by atoms with van der Waals surface area (Å²) in [6.07, 6.45) is 0. The molecule has 3 rings (SSSR count). The molecule has 0 bridgehead atoms. The molecule has 1 saturated heterocycles. The number of rotatable bonds is 3. The molecule has 1 aliphatic heterocycles. The molecule has 22 heavy (non-hydrogen) atoms. The fourth-order valence-corrected chi connectivity index (χ4v) is 2.77. The van der Waals surface area contributed by atoms with Crippen LogP contribution in [0.25, 0.3) is 0 Å². The zero-order chi connectivity index (χ0) is 15.4. The Morgan fingerprint density at radius 2 is 1.68 bits per heavy atom. The Bertz CT molecular complexity index is 637. The maximum Gasteiger partial charge on any atom is 0.253 e. The van der Waals surface area contributed by atoms with Crippen molar-refractivity contribution in [2.24, 2.45) is 0 Å². The van der Waals surface area contributed by atoms with Crippen molar-refractivity contribution < 1.29 is 9.18 Å².